The standard InChI is InChI=1S/C12H15BrF3N/c1-11(2,3)10(17)8-5-4-7(13)6-9(8)12(14,15)16/h4-6,10H,17H2,1-3H3. The predicted octanol–water partition coefficient (Wildman–Crippen LogP) is 4.51. The maximum Gasteiger partial charge on any atom is 0.416 e. The van der Waals surface area contributed by atoms with Crippen LogP contribution in [0.1, 0.15) is 37.9 Å². The van der Waals surface area contributed by atoms with Crippen molar-refractivity contribution >= 4 is 15.9 Å². The minimum atomic E-state index is -4.39. The van der Waals surface area contributed by atoms with Crippen LogP contribution in [0.15, 0.2) is 22.7 Å². The largest absolute Gasteiger partial charge is 0.416 e. The Morgan fingerprint density at radius 3 is 2.12 bits per heavy atom. The average Bonchev–Trinajstić information content (AvgIpc) is 2.14. The Morgan fingerprint density at radius 1 is 1.18 bits per heavy atom. The molecule has 1 aromatic carbocycles. The molecule has 17 heavy (non-hydrogen) atoms. The highest BCUT2D eigenvalue weighted by Gasteiger charge is 2.37. The molecule has 0 spiro atoms. The molecule has 0 aliphatic heterocycles. The van der Waals surface area contributed by atoms with E-state index in [2.05, 4.69) is 15.9 Å². The Bertz CT molecular complexity index is 407. The molecule has 1 unspecified atom stereocenters. The van der Waals surface area contributed by atoms with Crippen molar-refractivity contribution in [3.05, 3.63) is 33.8 Å². The summed E-state index contributed by atoms with van der Waals surface area (Å²) >= 11 is 3.05. The summed E-state index contributed by atoms with van der Waals surface area (Å²) in [6.45, 7) is 5.46. The number of rotatable bonds is 1. The predicted molar refractivity (Wildman–Crippen MR) is 65.5 cm³/mol. The molecular weight excluding hydrogens is 295 g/mol. The Balaban J connectivity index is 3.34. The van der Waals surface area contributed by atoms with Crippen LogP contribution in [0.4, 0.5) is 13.2 Å². The maximum absolute atomic E-state index is 12.9. The lowest BCUT2D eigenvalue weighted by Gasteiger charge is -2.29. The Morgan fingerprint density at radius 2 is 1.71 bits per heavy atom. The summed E-state index contributed by atoms with van der Waals surface area (Å²) in [5.41, 5.74) is 4.94. The zero-order chi connectivity index (χ0) is 13.4. The second-order valence-corrected chi connectivity index (χ2v) is 5.99. The van der Waals surface area contributed by atoms with Crippen molar-refractivity contribution in [2.24, 2.45) is 11.1 Å². The quantitative estimate of drug-likeness (QED) is 0.811. The average molecular weight is 310 g/mol. The number of alkyl halides is 3. The van der Waals surface area contributed by atoms with Gasteiger partial charge in [0, 0.05) is 10.5 Å². The van der Waals surface area contributed by atoms with Gasteiger partial charge in [-0.2, -0.15) is 13.2 Å². The van der Waals surface area contributed by atoms with E-state index >= 15 is 0 Å². The van der Waals surface area contributed by atoms with Gasteiger partial charge in [0.15, 0.2) is 0 Å². The zero-order valence-corrected chi connectivity index (χ0v) is 11.5. The molecule has 0 bridgehead atoms. The third-order valence-corrected chi connectivity index (χ3v) is 3.08. The highest BCUT2D eigenvalue weighted by molar-refractivity contribution is 9.10. The molecule has 0 saturated heterocycles. The fourth-order valence-corrected chi connectivity index (χ4v) is 1.87. The van der Waals surface area contributed by atoms with Crippen LogP contribution in [-0.2, 0) is 6.18 Å². The molecule has 0 fully saturated rings. The second-order valence-electron chi connectivity index (χ2n) is 5.07. The van der Waals surface area contributed by atoms with Gasteiger partial charge >= 0.3 is 6.18 Å². The smallest absolute Gasteiger partial charge is 0.324 e. The summed E-state index contributed by atoms with van der Waals surface area (Å²) < 4.78 is 39.1. The van der Waals surface area contributed by atoms with Gasteiger partial charge < -0.3 is 5.73 Å². The third kappa shape index (κ3) is 3.45. The Kier molecular flexibility index (Phi) is 3.94. The minimum absolute atomic E-state index is 0.133. The van der Waals surface area contributed by atoms with Crippen LogP contribution in [0.2, 0.25) is 0 Å². The van der Waals surface area contributed by atoms with Crippen LogP contribution in [0.25, 0.3) is 0 Å². The molecule has 0 aliphatic carbocycles. The van der Waals surface area contributed by atoms with Gasteiger partial charge in [0.1, 0.15) is 0 Å². The normalized spacial score (nSPS) is 14.8. The van der Waals surface area contributed by atoms with E-state index in [4.69, 9.17) is 5.73 Å². The summed E-state index contributed by atoms with van der Waals surface area (Å²) in [6, 6.07) is 3.42. The Labute approximate surface area is 107 Å². The molecule has 1 aromatic rings. The zero-order valence-electron chi connectivity index (χ0n) is 9.90. The van der Waals surface area contributed by atoms with Crippen LogP contribution < -0.4 is 5.73 Å². The van der Waals surface area contributed by atoms with Crippen LogP contribution in [0.5, 0.6) is 0 Å². The molecule has 1 nitrogen and oxygen atoms in total. The van der Waals surface area contributed by atoms with Gasteiger partial charge in [0.2, 0.25) is 0 Å². The monoisotopic (exact) mass is 309 g/mol. The molecule has 1 atom stereocenters. The van der Waals surface area contributed by atoms with E-state index in [1.165, 1.54) is 6.07 Å². The molecule has 0 heterocycles. The van der Waals surface area contributed by atoms with E-state index in [1.807, 2.05) is 20.8 Å². The van der Waals surface area contributed by atoms with Gasteiger partial charge in [0.05, 0.1) is 5.56 Å². The number of hydrogen-bond donors (Lipinski definition) is 1. The van der Waals surface area contributed by atoms with Gasteiger partial charge in [-0.3, -0.25) is 0 Å². The van der Waals surface area contributed by atoms with E-state index < -0.39 is 23.2 Å². The van der Waals surface area contributed by atoms with Crippen LogP contribution in [0, 0.1) is 5.41 Å². The summed E-state index contributed by atoms with van der Waals surface area (Å²) in [7, 11) is 0. The van der Waals surface area contributed by atoms with Gasteiger partial charge in [-0.15, -0.1) is 0 Å². The molecular formula is C12H15BrF3N. The van der Waals surface area contributed by atoms with E-state index in [0.29, 0.717) is 4.47 Å². The minimum Gasteiger partial charge on any atom is -0.324 e. The molecule has 96 valence electrons. The lowest BCUT2D eigenvalue weighted by Crippen LogP contribution is -2.28. The van der Waals surface area contributed by atoms with Crippen LogP contribution >= 0.6 is 15.9 Å². The van der Waals surface area contributed by atoms with E-state index in [1.54, 1.807) is 6.07 Å². The highest BCUT2D eigenvalue weighted by Crippen LogP contribution is 2.40. The number of benzene rings is 1. The van der Waals surface area contributed by atoms with Crippen molar-refractivity contribution in [3.63, 3.8) is 0 Å². The van der Waals surface area contributed by atoms with Crippen molar-refractivity contribution < 1.29 is 13.2 Å². The van der Waals surface area contributed by atoms with Crippen molar-refractivity contribution in [3.8, 4) is 0 Å². The maximum atomic E-state index is 12.9. The van der Waals surface area contributed by atoms with Crippen molar-refractivity contribution in [1.29, 1.82) is 0 Å². The lowest BCUT2D eigenvalue weighted by molar-refractivity contribution is -0.138. The van der Waals surface area contributed by atoms with E-state index in [0.717, 1.165) is 6.07 Å². The first kappa shape index (κ1) is 14.5. The number of nitrogens with two attached hydrogens (primary N) is 1. The molecule has 0 radical (unpaired) electrons. The fourth-order valence-electron chi connectivity index (χ4n) is 1.51. The van der Waals surface area contributed by atoms with Crippen molar-refractivity contribution in [1.82, 2.24) is 0 Å². The first-order valence-corrected chi connectivity index (χ1v) is 5.95. The molecule has 0 saturated carbocycles. The summed E-state index contributed by atoms with van der Waals surface area (Å²) in [4.78, 5) is 0. The summed E-state index contributed by atoms with van der Waals surface area (Å²) in [5, 5.41) is 0. The molecule has 2 N–H and O–H groups in total. The molecule has 1 rings (SSSR count). The van der Waals surface area contributed by atoms with Gasteiger partial charge in [-0.25, -0.2) is 0 Å². The van der Waals surface area contributed by atoms with E-state index in [9.17, 15) is 13.2 Å². The van der Waals surface area contributed by atoms with Crippen LogP contribution in [0.3, 0.4) is 0 Å². The van der Waals surface area contributed by atoms with Gasteiger partial charge in [-0.1, -0.05) is 42.8 Å². The molecule has 5 heteroatoms. The molecule has 0 aliphatic rings. The number of halogens is 4. The molecule has 0 aromatic heterocycles. The van der Waals surface area contributed by atoms with Crippen molar-refractivity contribution in [2.45, 2.75) is 33.0 Å². The second kappa shape index (κ2) is 4.61. The lowest BCUT2D eigenvalue weighted by atomic mass is 9.81. The SMILES string of the molecule is CC(C)(C)C(N)c1ccc(Br)cc1C(F)(F)F. The van der Waals surface area contributed by atoms with E-state index in [-0.39, 0.29) is 5.56 Å². The highest BCUT2D eigenvalue weighted by atomic mass is 79.9. The first-order valence-electron chi connectivity index (χ1n) is 5.15. The van der Waals surface area contributed by atoms with Crippen molar-refractivity contribution in [2.75, 3.05) is 0 Å². The summed E-state index contributed by atoms with van der Waals surface area (Å²) in [6.07, 6.45) is -4.39. The summed E-state index contributed by atoms with van der Waals surface area (Å²) in [5.74, 6) is 0. The Hall–Kier alpha value is -0.550. The first-order chi connectivity index (χ1) is 7.53. The van der Waals surface area contributed by atoms with Gasteiger partial charge in [0.25, 0.3) is 0 Å². The van der Waals surface area contributed by atoms with Crippen LogP contribution in [-0.4, -0.2) is 0 Å². The third-order valence-electron chi connectivity index (χ3n) is 2.59. The molecule has 0 amide bonds. The van der Waals surface area contributed by atoms with Gasteiger partial charge in [-0.05, 0) is 23.1 Å². The number of hydrogen-bond acceptors (Lipinski definition) is 1. The fraction of sp³-hybridized carbons (Fsp3) is 0.500. The topological polar surface area (TPSA) is 26.0 Å².